The van der Waals surface area contributed by atoms with Crippen LogP contribution in [0, 0.1) is 0 Å². The maximum Gasteiger partial charge on any atom is 0.312 e. The predicted octanol–water partition coefficient (Wildman–Crippen LogP) is 5.29. The largest absolute Gasteiger partial charge is 0.507 e. The molecule has 1 aliphatic rings. The Labute approximate surface area is 227 Å². The van der Waals surface area contributed by atoms with E-state index >= 15 is 0 Å². The molecular weight excluding hydrogens is 514 g/mol. The number of esters is 1. The lowest BCUT2D eigenvalue weighted by Gasteiger charge is -2.26. The van der Waals surface area contributed by atoms with Gasteiger partial charge in [-0.25, -0.2) is 0 Å². The number of phenols is 2. The molecule has 0 bridgehead atoms. The number of pyridine rings is 1. The van der Waals surface area contributed by atoms with E-state index in [1.165, 1.54) is 25.3 Å². The Morgan fingerprint density at radius 1 is 1.00 bits per heavy atom. The van der Waals surface area contributed by atoms with E-state index in [0.29, 0.717) is 23.5 Å². The first-order chi connectivity index (χ1) is 19.4. The molecule has 1 atom stereocenters. The van der Waals surface area contributed by atoms with Gasteiger partial charge in [0.2, 0.25) is 0 Å². The quantitative estimate of drug-likeness (QED) is 0.219. The molecule has 0 aliphatic carbocycles. The van der Waals surface area contributed by atoms with Gasteiger partial charge in [0.05, 0.1) is 13.5 Å². The monoisotopic (exact) mass is 537 g/mol. The van der Waals surface area contributed by atoms with E-state index in [1.54, 1.807) is 24.5 Å². The SMILES string of the molecule is COc1ccc(-c2cc(=O)c3c(O)cc4c(c3o2)[C@H](c2cccc(OCc3cccnc3)c2)CC(=O)O4)cc1O. The summed E-state index contributed by atoms with van der Waals surface area (Å²) in [5.41, 5.74) is 2.12. The number of carbonyl (C=O) groups excluding carboxylic acids is 1. The molecular formula is C31H23NO8. The highest BCUT2D eigenvalue weighted by molar-refractivity contribution is 5.93. The molecule has 0 fully saturated rings. The Morgan fingerprint density at radius 2 is 1.88 bits per heavy atom. The van der Waals surface area contributed by atoms with Gasteiger partial charge in [0, 0.05) is 47.1 Å². The van der Waals surface area contributed by atoms with Gasteiger partial charge in [-0.3, -0.25) is 14.6 Å². The van der Waals surface area contributed by atoms with E-state index < -0.39 is 17.3 Å². The zero-order chi connectivity index (χ0) is 27.8. The molecule has 9 heteroatoms. The average Bonchev–Trinajstić information content (AvgIpc) is 2.96. The lowest BCUT2D eigenvalue weighted by Crippen LogP contribution is -2.22. The van der Waals surface area contributed by atoms with Crippen LogP contribution in [0.2, 0.25) is 0 Å². The number of ether oxygens (including phenoxy) is 3. The van der Waals surface area contributed by atoms with Crippen LogP contribution in [-0.4, -0.2) is 28.3 Å². The van der Waals surface area contributed by atoms with Gasteiger partial charge in [-0.2, -0.15) is 0 Å². The van der Waals surface area contributed by atoms with Crippen molar-refractivity contribution in [3.63, 3.8) is 0 Å². The highest BCUT2D eigenvalue weighted by Gasteiger charge is 2.34. The van der Waals surface area contributed by atoms with Gasteiger partial charge in [-0.15, -0.1) is 0 Å². The summed E-state index contributed by atoms with van der Waals surface area (Å²) in [7, 11) is 1.43. The number of aromatic hydroxyl groups is 2. The van der Waals surface area contributed by atoms with Crippen molar-refractivity contribution in [2.75, 3.05) is 7.11 Å². The third-order valence-electron chi connectivity index (χ3n) is 6.78. The standard InChI is InChI=1S/C31H23NO8/c1-37-25-8-7-19(11-22(25)33)26-13-23(34)30-24(35)14-27-29(31(30)40-26)21(12-28(36)39-27)18-5-2-6-20(10-18)38-16-17-4-3-9-32-15-17/h2-11,13-15,21,33,35H,12,16H2,1H3/t21-/m0/s1. The van der Waals surface area contributed by atoms with Crippen molar-refractivity contribution in [1.82, 2.24) is 4.98 Å². The second-order valence-corrected chi connectivity index (χ2v) is 9.33. The summed E-state index contributed by atoms with van der Waals surface area (Å²) >= 11 is 0. The molecule has 200 valence electrons. The Hall–Kier alpha value is -5.31. The van der Waals surface area contributed by atoms with Gasteiger partial charge in [0.25, 0.3) is 0 Å². The van der Waals surface area contributed by atoms with E-state index in [0.717, 1.165) is 11.1 Å². The van der Waals surface area contributed by atoms with E-state index in [-0.39, 0.29) is 46.1 Å². The number of aromatic nitrogens is 1. The van der Waals surface area contributed by atoms with Crippen LogP contribution in [-0.2, 0) is 11.4 Å². The first-order valence-electron chi connectivity index (χ1n) is 12.4. The molecule has 9 nitrogen and oxygen atoms in total. The van der Waals surface area contributed by atoms with Crippen LogP contribution >= 0.6 is 0 Å². The number of benzene rings is 3. The summed E-state index contributed by atoms with van der Waals surface area (Å²) in [6.45, 7) is 0.310. The van der Waals surface area contributed by atoms with E-state index in [4.69, 9.17) is 18.6 Å². The molecule has 0 saturated carbocycles. The van der Waals surface area contributed by atoms with Crippen molar-refractivity contribution >= 4 is 16.9 Å². The summed E-state index contributed by atoms with van der Waals surface area (Å²) in [4.78, 5) is 30.0. The fourth-order valence-electron chi connectivity index (χ4n) is 4.90. The van der Waals surface area contributed by atoms with Crippen LogP contribution in [0.25, 0.3) is 22.3 Å². The maximum atomic E-state index is 13.2. The predicted molar refractivity (Wildman–Crippen MR) is 145 cm³/mol. The molecule has 2 N–H and O–H groups in total. The van der Waals surface area contributed by atoms with Crippen LogP contribution in [0.15, 0.2) is 88.3 Å². The number of hydrogen-bond acceptors (Lipinski definition) is 9. The zero-order valence-corrected chi connectivity index (χ0v) is 21.3. The lowest BCUT2D eigenvalue weighted by atomic mass is 9.85. The second-order valence-electron chi connectivity index (χ2n) is 9.33. The summed E-state index contributed by atoms with van der Waals surface area (Å²) in [6.07, 6.45) is 3.39. The topological polar surface area (TPSA) is 128 Å². The Kier molecular flexibility index (Phi) is 6.31. The van der Waals surface area contributed by atoms with Crippen molar-refractivity contribution in [2.24, 2.45) is 0 Å². The molecule has 2 aromatic heterocycles. The molecule has 0 radical (unpaired) electrons. The molecule has 40 heavy (non-hydrogen) atoms. The fraction of sp³-hybridized carbons (Fsp3) is 0.129. The molecule has 0 spiro atoms. The minimum atomic E-state index is -0.552. The van der Waals surface area contributed by atoms with Crippen LogP contribution < -0.4 is 19.6 Å². The maximum absolute atomic E-state index is 13.2. The Bertz CT molecular complexity index is 1810. The number of fused-ring (bicyclic) bond motifs is 3. The van der Waals surface area contributed by atoms with Gasteiger partial charge in [0.1, 0.15) is 40.6 Å². The van der Waals surface area contributed by atoms with E-state index in [1.807, 2.05) is 36.4 Å². The molecule has 3 heterocycles. The van der Waals surface area contributed by atoms with Crippen molar-refractivity contribution < 1.29 is 33.6 Å². The van der Waals surface area contributed by atoms with Gasteiger partial charge >= 0.3 is 5.97 Å². The van der Waals surface area contributed by atoms with Crippen molar-refractivity contribution in [3.8, 4) is 40.1 Å². The third-order valence-corrected chi connectivity index (χ3v) is 6.78. The zero-order valence-electron chi connectivity index (χ0n) is 21.3. The normalized spacial score (nSPS) is 14.4. The minimum Gasteiger partial charge on any atom is -0.507 e. The van der Waals surface area contributed by atoms with Crippen molar-refractivity contribution in [2.45, 2.75) is 18.9 Å². The van der Waals surface area contributed by atoms with Crippen LogP contribution in [0.3, 0.4) is 0 Å². The summed E-state index contributed by atoms with van der Waals surface area (Å²) in [5, 5.41) is 21.0. The number of rotatable bonds is 6. The number of carbonyl (C=O) groups is 1. The molecule has 6 rings (SSSR count). The molecule has 0 saturated heterocycles. The van der Waals surface area contributed by atoms with Crippen molar-refractivity contribution in [1.29, 1.82) is 0 Å². The number of phenolic OH excluding ortho intramolecular Hbond substituents is 2. The van der Waals surface area contributed by atoms with E-state index in [9.17, 15) is 19.8 Å². The minimum absolute atomic E-state index is 0.0177. The Morgan fingerprint density at radius 3 is 2.65 bits per heavy atom. The lowest BCUT2D eigenvalue weighted by molar-refractivity contribution is -0.135. The van der Waals surface area contributed by atoms with Crippen LogP contribution in [0.4, 0.5) is 0 Å². The number of hydrogen-bond donors (Lipinski definition) is 2. The fourth-order valence-corrected chi connectivity index (χ4v) is 4.90. The molecule has 5 aromatic rings. The highest BCUT2D eigenvalue weighted by atomic mass is 16.5. The summed E-state index contributed by atoms with van der Waals surface area (Å²) < 4.78 is 22.8. The van der Waals surface area contributed by atoms with Gasteiger partial charge < -0.3 is 28.8 Å². The molecule has 0 amide bonds. The number of methoxy groups -OCH3 is 1. The third kappa shape index (κ3) is 4.58. The van der Waals surface area contributed by atoms with Gasteiger partial charge in [-0.1, -0.05) is 18.2 Å². The molecule has 0 unspecified atom stereocenters. The van der Waals surface area contributed by atoms with Crippen molar-refractivity contribution in [3.05, 3.63) is 106 Å². The molecule has 1 aliphatic heterocycles. The first kappa shape index (κ1) is 25.0. The molecule has 3 aromatic carbocycles. The number of nitrogens with zero attached hydrogens (tertiary/aromatic N) is 1. The first-order valence-corrected chi connectivity index (χ1v) is 12.4. The summed E-state index contributed by atoms with van der Waals surface area (Å²) in [5.74, 6) is -0.428. The van der Waals surface area contributed by atoms with Crippen LogP contribution in [0.1, 0.15) is 29.0 Å². The van der Waals surface area contributed by atoms with E-state index in [2.05, 4.69) is 4.98 Å². The average molecular weight is 538 g/mol. The van der Waals surface area contributed by atoms with Gasteiger partial charge in [-0.05, 0) is 42.0 Å². The summed E-state index contributed by atoms with van der Waals surface area (Å²) in [6, 6.07) is 18.2. The second kappa shape index (κ2) is 10.1. The van der Waals surface area contributed by atoms with Gasteiger partial charge in [0.15, 0.2) is 16.9 Å². The smallest absolute Gasteiger partial charge is 0.312 e. The highest BCUT2D eigenvalue weighted by Crippen LogP contribution is 2.46. The Balaban J connectivity index is 1.47. The van der Waals surface area contributed by atoms with Crippen LogP contribution in [0.5, 0.6) is 28.7 Å².